The fourth-order valence-corrected chi connectivity index (χ4v) is 2.95. The zero-order chi connectivity index (χ0) is 12.9. The first-order valence-electron chi connectivity index (χ1n) is 7.47. The van der Waals surface area contributed by atoms with Crippen molar-refractivity contribution in [2.45, 2.75) is 59.9 Å². The van der Waals surface area contributed by atoms with E-state index in [1.807, 2.05) is 0 Å². The molecule has 0 aliphatic carbocycles. The largest absolute Gasteiger partial charge is 0.314 e. The van der Waals surface area contributed by atoms with E-state index in [0.717, 1.165) is 12.5 Å². The SMILES string of the molecule is CCC1(CC)CCN(CC(C)CNC(C)C)C1. The molecular formula is C15H32N2. The molecule has 0 amide bonds. The standard InChI is InChI=1S/C15H32N2/c1-6-15(7-2)8-9-17(12-15)11-14(5)10-16-13(3)4/h13-14,16H,6-12H2,1-5H3. The van der Waals surface area contributed by atoms with Gasteiger partial charge in [0.25, 0.3) is 0 Å². The molecule has 0 aromatic carbocycles. The summed E-state index contributed by atoms with van der Waals surface area (Å²) >= 11 is 0. The fraction of sp³-hybridized carbons (Fsp3) is 1.00. The molecule has 1 N–H and O–H groups in total. The van der Waals surface area contributed by atoms with E-state index >= 15 is 0 Å². The summed E-state index contributed by atoms with van der Waals surface area (Å²) in [6.45, 7) is 16.6. The van der Waals surface area contributed by atoms with E-state index in [1.165, 1.54) is 38.9 Å². The highest BCUT2D eigenvalue weighted by Gasteiger charge is 2.34. The average Bonchev–Trinajstić information content (AvgIpc) is 2.70. The van der Waals surface area contributed by atoms with E-state index in [4.69, 9.17) is 0 Å². The summed E-state index contributed by atoms with van der Waals surface area (Å²) in [4.78, 5) is 2.68. The van der Waals surface area contributed by atoms with E-state index in [1.54, 1.807) is 0 Å². The second-order valence-electron chi connectivity index (χ2n) is 6.36. The van der Waals surface area contributed by atoms with E-state index in [9.17, 15) is 0 Å². The van der Waals surface area contributed by atoms with Crippen LogP contribution in [0.25, 0.3) is 0 Å². The molecule has 0 aromatic rings. The number of nitrogens with zero attached hydrogens (tertiary/aromatic N) is 1. The Morgan fingerprint density at radius 1 is 1.18 bits per heavy atom. The minimum atomic E-state index is 0.612. The number of nitrogens with one attached hydrogen (secondary N) is 1. The Balaban J connectivity index is 2.29. The summed E-state index contributed by atoms with van der Waals surface area (Å²) in [6.07, 6.45) is 4.10. The number of likely N-dealkylation sites (tertiary alicyclic amines) is 1. The summed E-state index contributed by atoms with van der Waals surface area (Å²) in [5, 5.41) is 3.54. The third-order valence-electron chi connectivity index (χ3n) is 4.46. The van der Waals surface area contributed by atoms with Crippen LogP contribution in [-0.4, -0.2) is 37.1 Å². The first-order valence-corrected chi connectivity index (χ1v) is 7.47. The maximum atomic E-state index is 3.54. The quantitative estimate of drug-likeness (QED) is 0.735. The van der Waals surface area contributed by atoms with Gasteiger partial charge in [-0.3, -0.25) is 0 Å². The molecule has 0 spiro atoms. The average molecular weight is 240 g/mol. The van der Waals surface area contributed by atoms with E-state index < -0.39 is 0 Å². The van der Waals surface area contributed by atoms with Gasteiger partial charge in [-0.05, 0) is 43.7 Å². The van der Waals surface area contributed by atoms with Gasteiger partial charge >= 0.3 is 0 Å². The normalized spacial score (nSPS) is 22.2. The topological polar surface area (TPSA) is 15.3 Å². The molecular weight excluding hydrogens is 208 g/mol. The van der Waals surface area contributed by atoms with Crippen molar-refractivity contribution >= 4 is 0 Å². The highest BCUT2D eigenvalue weighted by molar-refractivity contribution is 4.88. The summed E-state index contributed by atoms with van der Waals surface area (Å²) in [5.41, 5.74) is 0.630. The second kappa shape index (κ2) is 6.75. The van der Waals surface area contributed by atoms with Crippen LogP contribution >= 0.6 is 0 Å². The van der Waals surface area contributed by atoms with Gasteiger partial charge < -0.3 is 10.2 Å². The van der Waals surface area contributed by atoms with Gasteiger partial charge in [-0.25, -0.2) is 0 Å². The van der Waals surface area contributed by atoms with Crippen LogP contribution in [0.5, 0.6) is 0 Å². The van der Waals surface area contributed by atoms with Gasteiger partial charge in [-0.1, -0.05) is 34.6 Å². The van der Waals surface area contributed by atoms with Crippen LogP contribution < -0.4 is 5.32 Å². The zero-order valence-electron chi connectivity index (χ0n) is 12.6. The van der Waals surface area contributed by atoms with Crippen LogP contribution in [0.15, 0.2) is 0 Å². The van der Waals surface area contributed by atoms with Crippen LogP contribution in [-0.2, 0) is 0 Å². The molecule has 1 aliphatic rings. The minimum absolute atomic E-state index is 0.612. The monoisotopic (exact) mass is 240 g/mol. The van der Waals surface area contributed by atoms with E-state index in [-0.39, 0.29) is 0 Å². The predicted molar refractivity (Wildman–Crippen MR) is 76.4 cm³/mol. The summed E-state index contributed by atoms with van der Waals surface area (Å²) in [5.74, 6) is 0.766. The number of rotatable bonds is 7. The van der Waals surface area contributed by atoms with Gasteiger partial charge in [0, 0.05) is 19.1 Å². The fourth-order valence-electron chi connectivity index (χ4n) is 2.95. The first-order chi connectivity index (χ1) is 8.01. The van der Waals surface area contributed by atoms with Crippen molar-refractivity contribution in [1.82, 2.24) is 10.2 Å². The van der Waals surface area contributed by atoms with Crippen molar-refractivity contribution in [2.75, 3.05) is 26.2 Å². The third kappa shape index (κ3) is 4.59. The maximum absolute atomic E-state index is 3.54. The lowest BCUT2D eigenvalue weighted by Crippen LogP contribution is -2.35. The Labute approximate surface area is 108 Å². The van der Waals surface area contributed by atoms with Crippen LogP contribution in [0.3, 0.4) is 0 Å². The van der Waals surface area contributed by atoms with Crippen molar-refractivity contribution in [3.63, 3.8) is 0 Å². The predicted octanol–water partition coefficient (Wildman–Crippen LogP) is 3.13. The maximum Gasteiger partial charge on any atom is 0.00384 e. The smallest absolute Gasteiger partial charge is 0.00384 e. The molecule has 0 bridgehead atoms. The molecule has 1 saturated heterocycles. The molecule has 1 heterocycles. The molecule has 1 rings (SSSR count). The lowest BCUT2D eigenvalue weighted by Gasteiger charge is -2.28. The van der Waals surface area contributed by atoms with E-state index in [0.29, 0.717) is 11.5 Å². The Hall–Kier alpha value is -0.0800. The molecule has 2 nitrogen and oxygen atoms in total. The van der Waals surface area contributed by atoms with E-state index in [2.05, 4.69) is 44.8 Å². The van der Waals surface area contributed by atoms with Gasteiger partial charge in [0.05, 0.1) is 0 Å². The molecule has 0 saturated carbocycles. The molecule has 17 heavy (non-hydrogen) atoms. The van der Waals surface area contributed by atoms with Crippen molar-refractivity contribution in [3.05, 3.63) is 0 Å². The number of hydrogen-bond donors (Lipinski definition) is 1. The highest BCUT2D eigenvalue weighted by Crippen LogP contribution is 2.37. The molecule has 0 aromatic heterocycles. The summed E-state index contributed by atoms with van der Waals surface area (Å²) in [6, 6.07) is 0.612. The minimum Gasteiger partial charge on any atom is -0.314 e. The van der Waals surface area contributed by atoms with Gasteiger partial charge in [0.2, 0.25) is 0 Å². The van der Waals surface area contributed by atoms with Crippen LogP contribution in [0, 0.1) is 11.3 Å². The molecule has 102 valence electrons. The van der Waals surface area contributed by atoms with Gasteiger partial charge in [0.1, 0.15) is 0 Å². The molecule has 2 heteroatoms. The van der Waals surface area contributed by atoms with Gasteiger partial charge in [0.15, 0.2) is 0 Å². The van der Waals surface area contributed by atoms with Crippen molar-refractivity contribution < 1.29 is 0 Å². The zero-order valence-corrected chi connectivity index (χ0v) is 12.6. The lowest BCUT2D eigenvalue weighted by molar-refractivity contribution is 0.220. The second-order valence-corrected chi connectivity index (χ2v) is 6.36. The number of hydrogen-bond acceptors (Lipinski definition) is 2. The molecule has 0 radical (unpaired) electrons. The van der Waals surface area contributed by atoms with Crippen LogP contribution in [0.1, 0.15) is 53.9 Å². The van der Waals surface area contributed by atoms with Crippen molar-refractivity contribution in [1.29, 1.82) is 0 Å². The Morgan fingerprint density at radius 3 is 2.29 bits per heavy atom. The van der Waals surface area contributed by atoms with Gasteiger partial charge in [-0.15, -0.1) is 0 Å². The molecule has 1 atom stereocenters. The Kier molecular flexibility index (Phi) is 5.94. The van der Waals surface area contributed by atoms with Crippen molar-refractivity contribution in [2.24, 2.45) is 11.3 Å². The van der Waals surface area contributed by atoms with Crippen LogP contribution in [0.4, 0.5) is 0 Å². The van der Waals surface area contributed by atoms with Crippen molar-refractivity contribution in [3.8, 4) is 0 Å². The van der Waals surface area contributed by atoms with Crippen LogP contribution in [0.2, 0.25) is 0 Å². The lowest BCUT2D eigenvalue weighted by atomic mass is 9.82. The molecule has 1 fully saturated rings. The molecule has 1 unspecified atom stereocenters. The summed E-state index contributed by atoms with van der Waals surface area (Å²) in [7, 11) is 0. The highest BCUT2D eigenvalue weighted by atomic mass is 15.2. The Bertz CT molecular complexity index is 209. The third-order valence-corrected chi connectivity index (χ3v) is 4.46. The summed E-state index contributed by atoms with van der Waals surface area (Å²) < 4.78 is 0. The molecule has 1 aliphatic heterocycles. The first kappa shape index (κ1) is 15.0. The van der Waals surface area contributed by atoms with Gasteiger partial charge in [-0.2, -0.15) is 0 Å². The Morgan fingerprint density at radius 2 is 1.82 bits per heavy atom.